The number of carbonyl (C=O) groups excluding carboxylic acids is 1. The predicted molar refractivity (Wildman–Crippen MR) is 87.9 cm³/mol. The second kappa shape index (κ2) is 7.63. The fourth-order valence-electron chi connectivity index (χ4n) is 2.06. The van der Waals surface area contributed by atoms with Gasteiger partial charge in [0.15, 0.2) is 11.5 Å². The minimum absolute atomic E-state index is 0.334. The molecule has 0 saturated heterocycles. The first-order valence-corrected chi connectivity index (χ1v) is 7.43. The summed E-state index contributed by atoms with van der Waals surface area (Å²) in [6, 6.07) is 9.22. The molecule has 0 aliphatic rings. The maximum Gasteiger partial charge on any atom is 0.255 e. The Morgan fingerprint density at radius 2 is 1.96 bits per heavy atom. The normalized spacial score (nSPS) is 10.3. The van der Waals surface area contributed by atoms with Gasteiger partial charge in [-0.05, 0) is 49.2 Å². The van der Waals surface area contributed by atoms with E-state index in [-0.39, 0.29) is 5.91 Å². The van der Waals surface area contributed by atoms with E-state index in [4.69, 9.17) is 9.47 Å². The predicted octanol–water partition coefficient (Wildman–Crippen LogP) is 4.18. The highest BCUT2D eigenvalue weighted by Gasteiger charge is 2.12. The molecule has 0 atom stereocenters. The van der Waals surface area contributed by atoms with Gasteiger partial charge < -0.3 is 14.8 Å². The van der Waals surface area contributed by atoms with Gasteiger partial charge >= 0.3 is 0 Å². The molecule has 0 bridgehead atoms. The number of rotatable bonds is 6. The van der Waals surface area contributed by atoms with Crippen molar-refractivity contribution in [2.45, 2.75) is 20.3 Å². The van der Waals surface area contributed by atoms with Crippen LogP contribution in [0.15, 0.2) is 36.4 Å². The largest absolute Gasteiger partial charge is 0.493 e. The van der Waals surface area contributed by atoms with E-state index in [1.807, 2.05) is 6.92 Å². The summed E-state index contributed by atoms with van der Waals surface area (Å²) in [6.45, 7) is 4.39. The van der Waals surface area contributed by atoms with Crippen molar-refractivity contribution in [3.05, 3.63) is 53.3 Å². The lowest BCUT2D eigenvalue weighted by Gasteiger charge is -2.12. The van der Waals surface area contributed by atoms with E-state index < -0.39 is 5.82 Å². The second-order valence-corrected chi connectivity index (χ2v) is 5.13. The van der Waals surface area contributed by atoms with Crippen molar-refractivity contribution in [3.63, 3.8) is 0 Å². The van der Waals surface area contributed by atoms with Crippen molar-refractivity contribution in [1.82, 2.24) is 0 Å². The summed E-state index contributed by atoms with van der Waals surface area (Å²) in [6.07, 6.45) is 0.879. The van der Waals surface area contributed by atoms with E-state index >= 15 is 0 Å². The van der Waals surface area contributed by atoms with Crippen molar-refractivity contribution < 1.29 is 18.7 Å². The minimum atomic E-state index is -0.396. The molecule has 2 aromatic carbocycles. The first-order valence-electron chi connectivity index (χ1n) is 7.43. The number of nitrogens with one attached hydrogen (secondary N) is 1. The summed E-state index contributed by atoms with van der Waals surface area (Å²) in [5, 5.41) is 2.71. The molecular weight excluding hydrogens is 297 g/mol. The number of hydrogen-bond donors (Lipinski definition) is 1. The van der Waals surface area contributed by atoms with E-state index in [0.717, 1.165) is 12.0 Å². The molecule has 4 nitrogen and oxygen atoms in total. The first-order chi connectivity index (χ1) is 11.0. The lowest BCUT2D eigenvalue weighted by molar-refractivity contribution is 0.102. The quantitative estimate of drug-likeness (QED) is 0.869. The van der Waals surface area contributed by atoms with Crippen LogP contribution in [0.25, 0.3) is 0 Å². The Morgan fingerprint density at radius 3 is 2.65 bits per heavy atom. The third-order valence-corrected chi connectivity index (χ3v) is 3.34. The van der Waals surface area contributed by atoms with Gasteiger partial charge in [-0.2, -0.15) is 0 Å². The molecule has 0 aromatic heterocycles. The summed E-state index contributed by atoms with van der Waals surface area (Å²) < 4.78 is 24.1. The first kappa shape index (κ1) is 16.8. The van der Waals surface area contributed by atoms with Crippen LogP contribution in [-0.4, -0.2) is 19.6 Å². The van der Waals surface area contributed by atoms with Crippen LogP contribution >= 0.6 is 0 Å². The summed E-state index contributed by atoms with van der Waals surface area (Å²) in [5.74, 6) is 0.348. The molecule has 0 radical (unpaired) electrons. The monoisotopic (exact) mass is 317 g/mol. The average Bonchev–Trinajstić information content (AvgIpc) is 2.56. The van der Waals surface area contributed by atoms with Crippen LogP contribution < -0.4 is 14.8 Å². The van der Waals surface area contributed by atoms with Crippen LogP contribution in [0.5, 0.6) is 11.5 Å². The van der Waals surface area contributed by atoms with E-state index in [1.54, 1.807) is 31.2 Å². The Hall–Kier alpha value is -2.56. The Labute approximate surface area is 135 Å². The molecule has 2 aromatic rings. The van der Waals surface area contributed by atoms with Crippen molar-refractivity contribution in [1.29, 1.82) is 0 Å². The average molecular weight is 317 g/mol. The SMILES string of the molecule is CCCOc1ccc(C(=O)Nc2cc(F)ccc2C)cc1OC. The van der Waals surface area contributed by atoms with Crippen LogP contribution in [0.1, 0.15) is 29.3 Å². The maximum absolute atomic E-state index is 13.3. The van der Waals surface area contributed by atoms with Crippen molar-refractivity contribution in [2.24, 2.45) is 0 Å². The molecule has 5 heteroatoms. The van der Waals surface area contributed by atoms with Gasteiger partial charge in [-0.3, -0.25) is 4.79 Å². The summed E-state index contributed by atoms with van der Waals surface area (Å²) in [5.41, 5.74) is 1.64. The van der Waals surface area contributed by atoms with Crippen molar-refractivity contribution >= 4 is 11.6 Å². The van der Waals surface area contributed by atoms with Gasteiger partial charge in [0.1, 0.15) is 5.82 Å². The highest BCUT2D eigenvalue weighted by atomic mass is 19.1. The van der Waals surface area contributed by atoms with Gasteiger partial charge in [0.2, 0.25) is 0 Å². The van der Waals surface area contributed by atoms with E-state index in [2.05, 4.69) is 5.32 Å². The zero-order chi connectivity index (χ0) is 16.8. The number of anilines is 1. The van der Waals surface area contributed by atoms with Gasteiger partial charge in [-0.15, -0.1) is 0 Å². The Morgan fingerprint density at radius 1 is 1.17 bits per heavy atom. The van der Waals surface area contributed by atoms with Gasteiger partial charge in [-0.1, -0.05) is 13.0 Å². The number of ether oxygens (including phenoxy) is 2. The molecule has 0 fully saturated rings. The summed E-state index contributed by atoms with van der Waals surface area (Å²) in [4.78, 5) is 12.3. The fourth-order valence-corrected chi connectivity index (χ4v) is 2.06. The van der Waals surface area contributed by atoms with Gasteiger partial charge in [0.25, 0.3) is 5.91 Å². The number of hydrogen-bond acceptors (Lipinski definition) is 3. The van der Waals surface area contributed by atoms with Gasteiger partial charge in [0.05, 0.1) is 13.7 Å². The van der Waals surface area contributed by atoms with Crippen LogP contribution in [0.2, 0.25) is 0 Å². The molecule has 0 aliphatic carbocycles. The number of aryl methyl sites for hydroxylation is 1. The second-order valence-electron chi connectivity index (χ2n) is 5.13. The van der Waals surface area contributed by atoms with Gasteiger partial charge in [-0.25, -0.2) is 4.39 Å². The standard InChI is InChI=1S/C18H20FNO3/c1-4-9-23-16-8-6-13(10-17(16)22-3)18(21)20-15-11-14(19)7-5-12(15)2/h5-8,10-11H,4,9H2,1-3H3,(H,20,21). The Bertz CT molecular complexity index is 701. The number of amides is 1. The van der Waals surface area contributed by atoms with Crippen molar-refractivity contribution in [2.75, 3.05) is 19.0 Å². The van der Waals surface area contributed by atoms with Crippen LogP contribution in [0, 0.1) is 12.7 Å². The van der Waals surface area contributed by atoms with Gasteiger partial charge in [0, 0.05) is 11.3 Å². The topological polar surface area (TPSA) is 47.6 Å². The number of benzene rings is 2. The molecule has 122 valence electrons. The number of methoxy groups -OCH3 is 1. The smallest absolute Gasteiger partial charge is 0.255 e. The molecule has 23 heavy (non-hydrogen) atoms. The van der Waals surface area contributed by atoms with Crippen LogP contribution in [0.4, 0.5) is 10.1 Å². The van der Waals surface area contributed by atoms with Crippen LogP contribution in [-0.2, 0) is 0 Å². The molecule has 0 spiro atoms. The molecule has 1 N–H and O–H groups in total. The summed E-state index contributed by atoms with van der Waals surface area (Å²) >= 11 is 0. The lowest BCUT2D eigenvalue weighted by atomic mass is 10.1. The van der Waals surface area contributed by atoms with E-state index in [0.29, 0.717) is 29.4 Å². The zero-order valence-corrected chi connectivity index (χ0v) is 13.5. The fraction of sp³-hybridized carbons (Fsp3) is 0.278. The minimum Gasteiger partial charge on any atom is -0.493 e. The zero-order valence-electron chi connectivity index (χ0n) is 13.5. The number of halogens is 1. The van der Waals surface area contributed by atoms with Crippen molar-refractivity contribution in [3.8, 4) is 11.5 Å². The Balaban J connectivity index is 2.20. The third kappa shape index (κ3) is 4.22. The molecular formula is C18H20FNO3. The molecule has 2 rings (SSSR count). The molecule has 0 saturated carbocycles. The van der Waals surface area contributed by atoms with E-state index in [1.165, 1.54) is 19.2 Å². The summed E-state index contributed by atoms with van der Waals surface area (Å²) in [7, 11) is 1.52. The lowest BCUT2D eigenvalue weighted by Crippen LogP contribution is -2.13. The van der Waals surface area contributed by atoms with Crippen LogP contribution in [0.3, 0.4) is 0 Å². The highest BCUT2D eigenvalue weighted by molar-refractivity contribution is 6.05. The molecule has 0 unspecified atom stereocenters. The van der Waals surface area contributed by atoms with E-state index in [9.17, 15) is 9.18 Å². The molecule has 1 amide bonds. The maximum atomic E-state index is 13.3. The highest BCUT2D eigenvalue weighted by Crippen LogP contribution is 2.28. The molecule has 0 heterocycles. The number of carbonyl (C=O) groups is 1. The molecule has 0 aliphatic heterocycles. The Kier molecular flexibility index (Phi) is 5.57. The third-order valence-electron chi connectivity index (χ3n) is 3.34.